The monoisotopic (exact) mass is 244 g/mol. The zero-order valence-corrected chi connectivity index (χ0v) is 9.71. The lowest BCUT2D eigenvalue weighted by Crippen LogP contribution is -2.20. The number of para-hydroxylation sites is 1. The molecule has 92 valence electrons. The van der Waals surface area contributed by atoms with Crippen molar-refractivity contribution in [2.24, 2.45) is 0 Å². The summed E-state index contributed by atoms with van der Waals surface area (Å²) in [6.07, 6.45) is 0.264. The maximum atomic E-state index is 12.0. The van der Waals surface area contributed by atoms with Crippen LogP contribution < -0.4 is 4.74 Å². The molecule has 0 aromatic heterocycles. The maximum Gasteiger partial charge on any atom is 0.170 e. The molecule has 3 heteroatoms. The second-order valence-electron chi connectivity index (χ2n) is 4.14. The van der Waals surface area contributed by atoms with Crippen LogP contribution in [0.5, 0.6) is 5.75 Å². The number of carbonyl (C=O) groups excluding carboxylic acids is 1. The van der Waals surface area contributed by atoms with Crippen molar-refractivity contribution in [2.75, 3.05) is 0 Å². The molecule has 0 aliphatic carbocycles. The smallest absolute Gasteiger partial charge is 0.170 e. The largest absolute Gasteiger partial charge is 0.484 e. The first kappa shape index (κ1) is 12.3. The fraction of sp³-hybridized carbons (Fsp3) is 0.133. The van der Waals surface area contributed by atoms with E-state index < -0.39 is 0 Å². The average molecular weight is 244 g/mol. The predicted molar refractivity (Wildman–Crippen MR) is 67.7 cm³/mol. The molecule has 0 bridgehead atoms. The number of hydrogen-bond acceptors (Lipinski definition) is 2. The van der Waals surface area contributed by atoms with Crippen molar-refractivity contribution in [1.82, 2.24) is 0 Å². The molecule has 0 saturated carbocycles. The van der Waals surface area contributed by atoms with Gasteiger partial charge >= 0.3 is 0 Å². The van der Waals surface area contributed by atoms with Crippen molar-refractivity contribution < 1.29 is 14.2 Å². The Morgan fingerprint density at radius 2 is 1.61 bits per heavy atom. The van der Waals surface area contributed by atoms with Crippen molar-refractivity contribution >= 4 is 5.78 Å². The average Bonchev–Trinajstić information content (AvgIpc) is 2.40. The molecule has 0 amide bonds. The van der Waals surface area contributed by atoms with Crippen LogP contribution in [0.15, 0.2) is 54.6 Å². The zero-order chi connectivity index (χ0) is 11.7. The number of ketones is 1. The number of rotatable bonds is 1. The molecule has 18 heavy (non-hydrogen) atoms. The summed E-state index contributed by atoms with van der Waals surface area (Å²) in [6, 6.07) is 17.3. The number of carbonyl (C=O) groups is 1. The highest BCUT2D eigenvalue weighted by molar-refractivity contribution is 5.99. The summed E-state index contributed by atoms with van der Waals surface area (Å²) < 4.78 is 5.87. The van der Waals surface area contributed by atoms with Gasteiger partial charge in [-0.15, -0.1) is 0 Å². The first-order valence-corrected chi connectivity index (χ1v) is 5.68. The molecule has 1 aliphatic heterocycles. The second-order valence-corrected chi connectivity index (χ2v) is 4.14. The molecule has 0 N–H and O–H groups in total. The molecule has 1 aliphatic rings. The lowest BCUT2D eigenvalue weighted by atomic mass is 9.96. The summed E-state index contributed by atoms with van der Waals surface area (Å²) in [7, 11) is 0. The Bertz CT molecular complexity index is 551. The van der Waals surface area contributed by atoms with Crippen molar-refractivity contribution in [2.45, 2.75) is 12.5 Å². The van der Waals surface area contributed by atoms with Crippen LogP contribution in [-0.2, 0) is 0 Å². The van der Waals surface area contributed by atoms with Gasteiger partial charge in [0, 0.05) is 0 Å². The van der Waals surface area contributed by atoms with E-state index in [0.717, 1.165) is 5.56 Å². The van der Waals surface area contributed by atoms with Gasteiger partial charge in [-0.2, -0.15) is 0 Å². The van der Waals surface area contributed by atoms with Crippen molar-refractivity contribution in [3.8, 4) is 5.75 Å². The van der Waals surface area contributed by atoms with Gasteiger partial charge in [0.15, 0.2) is 5.78 Å². The van der Waals surface area contributed by atoms with E-state index in [1.165, 1.54) is 0 Å². The summed E-state index contributed by atoms with van der Waals surface area (Å²) in [5.74, 6) is 0.846. The predicted octanol–water partition coefficient (Wildman–Crippen LogP) is 3.55. The van der Waals surface area contributed by atoms with Crippen LogP contribution >= 0.6 is 0 Å². The highest BCUT2D eigenvalue weighted by atomic mass is 19.0. The summed E-state index contributed by atoms with van der Waals surface area (Å²) >= 11 is 0. The fourth-order valence-electron chi connectivity index (χ4n) is 2.13. The Morgan fingerprint density at radius 3 is 2.39 bits per heavy atom. The maximum absolute atomic E-state index is 12.0. The third kappa shape index (κ3) is 2.12. The van der Waals surface area contributed by atoms with E-state index in [0.29, 0.717) is 17.7 Å². The minimum absolute atomic E-state index is 0. The van der Waals surface area contributed by atoms with Crippen LogP contribution in [-0.4, -0.2) is 5.78 Å². The van der Waals surface area contributed by atoms with Gasteiger partial charge in [-0.3, -0.25) is 9.50 Å². The standard InChI is InChI=1S/C15H12O2.FH/c16-13-10-15(11-6-2-1-3-7-11)17-14-9-5-4-8-12(13)14;/h1-9,15H,10H2;1H. The lowest BCUT2D eigenvalue weighted by Gasteiger charge is -2.25. The number of Topliss-reactive ketones (excluding diaryl/α,β-unsaturated/α-hetero) is 1. The first-order valence-electron chi connectivity index (χ1n) is 5.68. The van der Waals surface area contributed by atoms with Gasteiger partial charge in [0.2, 0.25) is 0 Å². The highest BCUT2D eigenvalue weighted by Gasteiger charge is 2.26. The van der Waals surface area contributed by atoms with E-state index >= 15 is 0 Å². The lowest BCUT2D eigenvalue weighted by molar-refractivity contribution is 0.0850. The summed E-state index contributed by atoms with van der Waals surface area (Å²) in [5, 5.41) is 0. The molecule has 0 radical (unpaired) electrons. The number of benzene rings is 2. The molecule has 1 atom stereocenters. The molecule has 1 heterocycles. The van der Waals surface area contributed by atoms with Gasteiger partial charge < -0.3 is 4.74 Å². The Kier molecular flexibility index (Phi) is 3.42. The molecular formula is C15H13FO2. The number of hydrogen-bond donors (Lipinski definition) is 0. The van der Waals surface area contributed by atoms with E-state index in [4.69, 9.17) is 4.74 Å². The Hall–Kier alpha value is -2.16. The number of ether oxygens (including phenoxy) is 1. The minimum Gasteiger partial charge on any atom is -0.484 e. The van der Waals surface area contributed by atoms with Crippen molar-refractivity contribution in [3.63, 3.8) is 0 Å². The van der Waals surface area contributed by atoms with Crippen molar-refractivity contribution in [3.05, 3.63) is 65.7 Å². The molecule has 2 nitrogen and oxygen atoms in total. The molecule has 0 spiro atoms. The molecular weight excluding hydrogens is 231 g/mol. The van der Waals surface area contributed by atoms with Gasteiger partial charge in [0.1, 0.15) is 11.9 Å². The summed E-state index contributed by atoms with van der Waals surface area (Å²) in [6.45, 7) is 0. The zero-order valence-electron chi connectivity index (χ0n) is 9.71. The topological polar surface area (TPSA) is 26.3 Å². The minimum atomic E-state index is -0.154. The fourth-order valence-corrected chi connectivity index (χ4v) is 2.13. The van der Waals surface area contributed by atoms with E-state index in [-0.39, 0.29) is 16.6 Å². The normalized spacial score (nSPS) is 17.3. The summed E-state index contributed by atoms with van der Waals surface area (Å²) in [5.41, 5.74) is 1.75. The van der Waals surface area contributed by atoms with Gasteiger partial charge in [0.05, 0.1) is 12.0 Å². The Labute approximate surface area is 105 Å². The summed E-state index contributed by atoms with van der Waals surface area (Å²) in [4.78, 5) is 12.0. The third-order valence-corrected chi connectivity index (χ3v) is 3.00. The van der Waals surface area contributed by atoms with Crippen LogP contribution in [0.1, 0.15) is 28.4 Å². The highest BCUT2D eigenvalue weighted by Crippen LogP contribution is 2.34. The molecule has 1 unspecified atom stereocenters. The Morgan fingerprint density at radius 1 is 0.944 bits per heavy atom. The molecule has 3 rings (SSSR count). The van der Waals surface area contributed by atoms with Gasteiger partial charge in [-0.25, -0.2) is 0 Å². The van der Waals surface area contributed by atoms with Gasteiger partial charge in [0.25, 0.3) is 0 Å². The van der Waals surface area contributed by atoms with Crippen LogP contribution in [0.2, 0.25) is 0 Å². The second kappa shape index (κ2) is 5.00. The van der Waals surface area contributed by atoms with E-state index in [2.05, 4.69) is 0 Å². The SMILES string of the molecule is F.O=C1CC(c2ccccc2)Oc2ccccc21. The van der Waals surface area contributed by atoms with Gasteiger partial charge in [-0.1, -0.05) is 42.5 Å². The quantitative estimate of drug-likeness (QED) is 0.766. The van der Waals surface area contributed by atoms with Crippen LogP contribution in [0.3, 0.4) is 0 Å². The van der Waals surface area contributed by atoms with Crippen molar-refractivity contribution in [1.29, 1.82) is 0 Å². The van der Waals surface area contributed by atoms with Gasteiger partial charge in [-0.05, 0) is 17.7 Å². The molecule has 0 fully saturated rings. The van der Waals surface area contributed by atoms with E-state index in [1.54, 1.807) is 0 Å². The third-order valence-electron chi connectivity index (χ3n) is 3.00. The van der Waals surface area contributed by atoms with E-state index in [1.807, 2.05) is 54.6 Å². The molecule has 0 saturated heterocycles. The molecule has 2 aromatic rings. The molecule has 2 aromatic carbocycles. The Balaban J connectivity index is 0.00000120. The van der Waals surface area contributed by atoms with Crippen LogP contribution in [0.4, 0.5) is 4.70 Å². The number of fused-ring (bicyclic) bond motifs is 1. The van der Waals surface area contributed by atoms with Crippen LogP contribution in [0, 0.1) is 0 Å². The van der Waals surface area contributed by atoms with E-state index in [9.17, 15) is 4.79 Å². The van der Waals surface area contributed by atoms with Crippen LogP contribution in [0.25, 0.3) is 0 Å². The first-order chi connectivity index (χ1) is 8.34. The number of halogens is 1.